The topological polar surface area (TPSA) is 250 Å². The SMILES string of the molecule is CC(C)[C@H](N)C(=O)N[C@@H](C)C(=O)Nc1ccc(COC(=O)N(C)CCCC(=O)O)cc1O[C@H]1O[C@@H](CO)[C@H](O)[C@H](O)[C@H]1O. The van der Waals surface area contributed by atoms with Gasteiger partial charge in [-0.1, -0.05) is 19.9 Å². The van der Waals surface area contributed by atoms with E-state index >= 15 is 0 Å². The Hall–Kier alpha value is -3.54. The lowest BCUT2D eigenvalue weighted by atomic mass is 9.99. The first kappa shape index (κ1) is 35.7. The van der Waals surface area contributed by atoms with Gasteiger partial charge in [0.1, 0.15) is 42.8 Å². The molecule has 1 aliphatic heterocycles. The van der Waals surface area contributed by atoms with Gasteiger partial charge < -0.3 is 61.0 Å². The second kappa shape index (κ2) is 16.3. The molecule has 16 nitrogen and oxygen atoms in total. The van der Waals surface area contributed by atoms with Gasteiger partial charge in [-0.05, 0) is 37.0 Å². The normalized spacial score (nSPS) is 23.2. The molecule has 43 heavy (non-hydrogen) atoms. The van der Waals surface area contributed by atoms with Gasteiger partial charge in [-0.2, -0.15) is 0 Å². The number of carbonyl (C=O) groups excluding carboxylic acids is 3. The van der Waals surface area contributed by atoms with Crippen molar-refractivity contribution in [2.75, 3.05) is 25.5 Å². The predicted octanol–water partition coefficient (Wildman–Crippen LogP) is -1.27. The van der Waals surface area contributed by atoms with Crippen LogP contribution < -0.4 is 21.1 Å². The Kier molecular flexibility index (Phi) is 13.6. The summed E-state index contributed by atoms with van der Waals surface area (Å²) in [6, 6.07) is 2.43. The highest BCUT2D eigenvalue weighted by Crippen LogP contribution is 2.31. The highest BCUT2D eigenvalue weighted by atomic mass is 16.7. The average molecular weight is 615 g/mol. The Morgan fingerprint density at radius 1 is 1.07 bits per heavy atom. The van der Waals surface area contributed by atoms with Crippen LogP contribution in [0.25, 0.3) is 0 Å². The number of carboxylic acids is 1. The molecule has 0 saturated carbocycles. The summed E-state index contributed by atoms with van der Waals surface area (Å²) in [7, 11) is 1.45. The zero-order valence-electron chi connectivity index (χ0n) is 24.5. The number of nitrogens with one attached hydrogen (secondary N) is 2. The van der Waals surface area contributed by atoms with Crippen molar-refractivity contribution in [3.63, 3.8) is 0 Å². The van der Waals surface area contributed by atoms with Crippen LogP contribution in [0.2, 0.25) is 0 Å². The van der Waals surface area contributed by atoms with Crippen LogP contribution in [0.5, 0.6) is 5.75 Å². The highest BCUT2D eigenvalue weighted by Gasteiger charge is 2.45. The number of aliphatic hydroxyl groups excluding tert-OH is 4. The lowest BCUT2D eigenvalue weighted by Crippen LogP contribution is -2.60. The number of benzene rings is 1. The summed E-state index contributed by atoms with van der Waals surface area (Å²) < 4.78 is 16.5. The van der Waals surface area contributed by atoms with E-state index in [-0.39, 0.29) is 43.3 Å². The molecule has 1 saturated heterocycles. The lowest BCUT2D eigenvalue weighted by Gasteiger charge is -2.39. The van der Waals surface area contributed by atoms with Crippen molar-refractivity contribution in [2.24, 2.45) is 11.7 Å². The standard InChI is InChI=1S/C27H42N4O12/c1-13(2)20(28)25(39)29-14(3)24(38)30-16-8-7-15(12-41-27(40)31(4)9-5-6-19(33)34)10-17(16)42-26-23(37)22(36)21(35)18(11-32)43-26/h7-8,10,13-14,18,20-23,26,32,35-37H,5-6,9,11-12,28H2,1-4H3,(H,29,39)(H,30,38)(H,33,34)/t14-,18-,20-,21-,22-,23+,26-/m0/s1. The zero-order valence-corrected chi connectivity index (χ0v) is 24.5. The van der Waals surface area contributed by atoms with Crippen molar-refractivity contribution in [2.45, 2.75) is 83.0 Å². The number of amides is 3. The van der Waals surface area contributed by atoms with Gasteiger partial charge in [-0.15, -0.1) is 0 Å². The quantitative estimate of drug-likeness (QED) is 0.122. The molecular weight excluding hydrogens is 572 g/mol. The van der Waals surface area contributed by atoms with E-state index in [2.05, 4.69) is 10.6 Å². The Morgan fingerprint density at radius 2 is 1.74 bits per heavy atom. The average Bonchev–Trinajstić information content (AvgIpc) is 2.96. The van der Waals surface area contributed by atoms with Gasteiger partial charge >= 0.3 is 12.1 Å². The van der Waals surface area contributed by atoms with E-state index in [1.165, 1.54) is 37.1 Å². The maximum absolute atomic E-state index is 12.9. The monoisotopic (exact) mass is 614 g/mol. The summed E-state index contributed by atoms with van der Waals surface area (Å²) in [6.07, 6.45) is -8.56. The van der Waals surface area contributed by atoms with E-state index in [4.69, 9.17) is 25.1 Å². The Labute approximate surface area is 248 Å². The van der Waals surface area contributed by atoms with Gasteiger partial charge in [0.15, 0.2) is 0 Å². The van der Waals surface area contributed by atoms with Crippen LogP contribution in [0.4, 0.5) is 10.5 Å². The molecule has 1 aliphatic rings. The van der Waals surface area contributed by atoms with Gasteiger partial charge in [0.05, 0.1) is 18.3 Å². The Morgan fingerprint density at radius 3 is 2.35 bits per heavy atom. The summed E-state index contributed by atoms with van der Waals surface area (Å²) in [5, 5.41) is 54.1. The second-order valence-corrected chi connectivity index (χ2v) is 10.6. The lowest BCUT2D eigenvalue weighted by molar-refractivity contribution is -0.277. The van der Waals surface area contributed by atoms with E-state index in [1.807, 2.05) is 0 Å². The number of nitrogens with zero attached hydrogens (tertiary/aromatic N) is 1. The van der Waals surface area contributed by atoms with Crippen molar-refractivity contribution in [1.82, 2.24) is 10.2 Å². The second-order valence-electron chi connectivity index (χ2n) is 10.6. The molecule has 0 bridgehead atoms. The molecule has 0 radical (unpaired) electrons. The maximum atomic E-state index is 12.9. The first-order valence-electron chi connectivity index (χ1n) is 13.7. The number of nitrogens with two attached hydrogens (primary N) is 1. The van der Waals surface area contributed by atoms with Crippen molar-refractivity contribution in [3.8, 4) is 5.75 Å². The summed E-state index contributed by atoms with van der Waals surface area (Å²) in [5.41, 5.74) is 6.27. The van der Waals surface area contributed by atoms with Crippen molar-refractivity contribution in [3.05, 3.63) is 23.8 Å². The summed E-state index contributed by atoms with van der Waals surface area (Å²) >= 11 is 0. The number of carboxylic acid groups (broad SMARTS) is 1. The maximum Gasteiger partial charge on any atom is 0.409 e. The molecule has 1 heterocycles. The molecule has 0 aromatic heterocycles. The van der Waals surface area contributed by atoms with Crippen LogP contribution >= 0.6 is 0 Å². The van der Waals surface area contributed by atoms with Crippen LogP contribution in [0, 0.1) is 5.92 Å². The van der Waals surface area contributed by atoms with Gasteiger partial charge in [-0.3, -0.25) is 14.4 Å². The molecule has 16 heteroatoms. The molecule has 1 aromatic rings. The van der Waals surface area contributed by atoms with Gasteiger partial charge in [-0.25, -0.2) is 4.79 Å². The van der Waals surface area contributed by atoms with Crippen LogP contribution in [0.3, 0.4) is 0 Å². The molecule has 7 atom stereocenters. The van der Waals surface area contributed by atoms with E-state index in [9.17, 15) is 39.6 Å². The number of aliphatic carboxylic acids is 1. The fourth-order valence-corrected chi connectivity index (χ4v) is 3.88. The minimum Gasteiger partial charge on any atom is -0.481 e. The van der Waals surface area contributed by atoms with Crippen molar-refractivity contribution in [1.29, 1.82) is 0 Å². The number of hydrogen-bond acceptors (Lipinski definition) is 12. The van der Waals surface area contributed by atoms with Crippen molar-refractivity contribution < 1.29 is 58.9 Å². The first-order valence-corrected chi connectivity index (χ1v) is 13.7. The largest absolute Gasteiger partial charge is 0.481 e. The van der Waals surface area contributed by atoms with E-state index in [0.29, 0.717) is 5.56 Å². The molecule has 2 rings (SSSR count). The van der Waals surface area contributed by atoms with Crippen LogP contribution in [0.15, 0.2) is 18.2 Å². The number of carbonyl (C=O) groups is 4. The Bertz CT molecular complexity index is 1120. The fourth-order valence-electron chi connectivity index (χ4n) is 3.88. The van der Waals surface area contributed by atoms with E-state index in [1.54, 1.807) is 13.8 Å². The molecule has 0 aliphatic carbocycles. The molecule has 1 aromatic carbocycles. The number of ether oxygens (including phenoxy) is 3. The third kappa shape index (κ3) is 10.3. The molecule has 3 amide bonds. The Balaban J connectivity index is 2.24. The summed E-state index contributed by atoms with van der Waals surface area (Å²) in [4.78, 5) is 49.5. The smallest absolute Gasteiger partial charge is 0.409 e. The molecule has 9 N–H and O–H groups in total. The summed E-state index contributed by atoms with van der Waals surface area (Å²) in [5.74, 6) is -2.43. The summed E-state index contributed by atoms with van der Waals surface area (Å²) in [6.45, 7) is 4.15. The van der Waals surface area contributed by atoms with Crippen LogP contribution in [-0.4, -0.2) is 117 Å². The third-order valence-electron chi connectivity index (χ3n) is 6.73. The van der Waals surface area contributed by atoms with E-state index in [0.717, 1.165) is 0 Å². The van der Waals surface area contributed by atoms with Crippen molar-refractivity contribution >= 4 is 29.6 Å². The molecule has 1 fully saturated rings. The minimum atomic E-state index is -1.75. The molecular formula is C27H42N4O12. The molecule has 0 spiro atoms. The number of rotatable bonds is 14. The van der Waals surface area contributed by atoms with Crippen LogP contribution in [-0.2, 0) is 30.5 Å². The fraction of sp³-hybridized carbons (Fsp3) is 0.630. The first-order chi connectivity index (χ1) is 20.2. The number of anilines is 1. The number of hydrogen-bond donors (Lipinski definition) is 8. The van der Waals surface area contributed by atoms with Gasteiger partial charge in [0.2, 0.25) is 18.1 Å². The zero-order chi connectivity index (χ0) is 32.4. The molecule has 242 valence electrons. The molecule has 0 unspecified atom stereocenters. The highest BCUT2D eigenvalue weighted by molar-refractivity contribution is 5.98. The van der Waals surface area contributed by atoms with E-state index < -0.39 is 73.3 Å². The third-order valence-corrected chi connectivity index (χ3v) is 6.73. The number of aliphatic hydroxyl groups is 4. The van der Waals surface area contributed by atoms with Crippen LogP contribution in [0.1, 0.15) is 39.2 Å². The van der Waals surface area contributed by atoms with Gasteiger partial charge in [0.25, 0.3) is 0 Å². The van der Waals surface area contributed by atoms with Gasteiger partial charge in [0, 0.05) is 20.0 Å². The predicted molar refractivity (Wildman–Crippen MR) is 150 cm³/mol. The minimum absolute atomic E-state index is 0.0529.